The van der Waals surface area contributed by atoms with Crippen molar-refractivity contribution in [2.75, 3.05) is 12.3 Å². The lowest BCUT2D eigenvalue weighted by Crippen LogP contribution is -2.33. The Labute approximate surface area is 112 Å². The van der Waals surface area contributed by atoms with Crippen molar-refractivity contribution in [3.8, 4) is 0 Å². The van der Waals surface area contributed by atoms with Gasteiger partial charge in [0.15, 0.2) is 0 Å². The van der Waals surface area contributed by atoms with Crippen molar-refractivity contribution >= 4 is 17.2 Å². The van der Waals surface area contributed by atoms with E-state index in [4.69, 9.17) is 5.73 Å². The highest BCUT2D eigenvalue weighted by atomic mass is 32.1. The normalized spacial score (nSPS) is 11.6. The fraction of sp³-hybridized carbons (Fsp3) is 0.462. The molecule has 0 saturated heterocycles. The average Bonchev–Trinajstić information content (AvgIpc) is 2.95. The predicted octanol–water partition coefficient (Wildman–Crippen LogP) is 2.44. The van der Waals surface area contributed by atoms with Crippen LogP contribution in [0, 0.1) is 0 Å². The highest BCUT2D eigenvalue weighted by Crippen LogP contribution is 2.13. The van der Waals surface area contributed by atoms with Gasteiger partial charge in [-0.1, -0.05) is 6.07 Å². The van der Waals surface area contributed by atoms with Crippen molar-refractivity contribution in [2.45, 2.75) is 33.0 Å². The van der Waals surface area contributed by atoms with Crippen LogP contribution in [0.1, 0.15) is 18.7 Å². The molecule has 0 fully saturated rings. The molecule has 0 aromatic carbocycles. The van der Waals surface area contributed by atoms with Gasteiger partial charge in [-0.3, -0.25) is 9.58 Å². The van der Waals surface area contributed by atoms with Crippen LogP contribution >= 0.6 is 11.3 Å². The summed E-state index contributed by atoms with van der Waals surface area (Å²) in [4.78, 5) is 3.85. The van der Waals surface area contributed by atoms with Gasteiger partial charge in [0.05, 0.1) is 6.54 Å². The predicted molar refractivity (Wildman–Crippen MR) is 76.5 cm³/mol. The van der Waals surface area contributed by atoms with Crippen LogP contribution in [0.3, 0.4) is 0 Å². The summed E-state index contributed by atoms with van der Waals surface area (Å²) in [6.45, 7) is 7.32. The lowest BCUT2D eigenvalue weighted by Gasteiger charge is -2.25. The number of nitrogens with zero attached hydrogens (tertiary/aromatic N) is 3. The van der Waals surface area contributed by atoms with E-state index in [9.17, 15) is 0 Å². The zero-order chi connectivity index (χ0) is 13.0. The molecule has 2 N–H and O–H groups in total. The van der Waals surface area contributed by atoms with Gasteiger partial charge < -0.3 is 5.73 Å². The third-order valence-corrected chi connectivity index (χ3v) is 3.81. The second-order valence-corrected chi connectivity index (χ2v) is 5.68. The molecular weight excluding hydrogens is 244 g/mol. The zero-order valence-corrected chi connectivity index (χ0v) is 11.7. The molecule has 2 aromatic heterocycles. The van der Waals surface area contributed by atoms with Gasteiger partial charge in [0.1, 0.15) is 5.82 Å². The maximum atomic E-state index is 5.61. The third-order valence-electron chi connectivity index (χ3n) is 2.95. The minimum Gasteiger partial charge on any atom is -0.382 e. The van der Waals surface area contributed by atoms with Crippen molar-refractivity contribution in [2.24, 2.45) is 0 Å². The molecule has 98 valence electrons. The topological polar surface area (TPSA) is 47.1 Å². The van der Waals surface area contributed by atoms with Crippen LogP contribution in [-0.4, -0.2) is 27.3 Å². The van der Waals surface area contributed by atoms with Crippen LogP contribution in [0.4, 0.5) is 5.82 Å². The van der Waals surface area contributed by atoms with Gasteiger partial charge in [0.2, 0.25) is 0 Å². The first-order valence-electron chi connectivity index (χ1n) is 6.20. The molecule has 0 aliphatic rings. The highest BCUT2D eigenvalue weighted by Gasteiger charge is 2.10. The fourth-order valence-corrected chi connectivity index (χ4v) is 2.58. The zero-order valence-electron chi connectivity index (χ0n) is 10.9. The second kappa shape index (κ2) is 6.02. The van der Waals surface area contributed by atoms with Crippen LogP contribution in [-0.2, 0) is 13.1 Å². The van der Waals surface area contributed by atoms with Gasteiger partial charge in [-0.15, -0.1) is 11.3 Å². The molecule has 18 heavy (non-hydrogen) atoms. The minimum atomic E-state index is 0.528. The SMILES string of the molecule is CC(C)N(CCn1ccc(N)n1)Cc1cccs1. The van der Waals surface area contributed by atoms with Crippen molar-refractivity contribution in [3.63, 3.8) is 0 Å². The summed E-state index contributed by atoms with van der Waals surface area (Å²) in [5.74, 6) is 0.587. The van der Waals surface area contributed by atoms with E-state index >= 15 is 0 Å². The number of anilines is 1. The third kappa shape index (κ3) is 3.58. The van der Waals surface area contributed by atoms with Gasteiger partial charge in [0.25, 0.3) is 0 Å². The number of rotatable bonds is 6. The number of thiophene rings is 1. The molecule has 2 rings (SSSR count). The number of aromatic nitrogens is 2. The van der Waals surface area contributed by atoms with Crippen molar-refractivity contribution in [1.29, 1.82) is 0 Å². The van der Waals surface area contributed by atoms with Crippen LogP contribution in [0.25, 0.3) is 0 Å². The Bertz CT molecular complexity index is 461. The van der Waals surface area contributed by atoms with Crippen molar-refractivity contribution in [3.05, 3.63) is 34.7 Å². The minimum absolute atomic E-state index is 0.528. The van der Waals surface area contributed by atoms with E-state index in [-0.39, 0.29) is 0 Å². The Morgan fingerprint density at radius 2 is 2.28 bits per heavy atom. The Balaban J connectivity index is 1.90. The highest BCUT2D eigenvalue weighted by molar-refractivity contribution is 7.09. The standard InChI is InChI=1S/C13H20N4S/c1-11(2)16(10-12-4-3-9-18-12)7-8-17-6-5-13(14)15-17/h3-6,9,11H,7-8,10H2,1-2H3,(H2,14,15). The molecule has 0 amide bonds. The molecular formula is C13H20N4S. The van der Waals surface area contributed by atoms with E-state index < -0.39 is 0 Å². The molecule has 2 heterocycles. The number of nitrogens with two attached hydrogens (primary N) is 1. The molecule has 0 bridgehead atoms. The van der Waals surface area contributed by atoms with Crippen molar-refractivity contribution < 1.29 is 0 Å². The molecule has 0 spiro atoms. The maximum absolute atomic E-state index is 5.61. The van der Waals surface area contributed by atoms with Gasteiger partial charge in [0, 0.05) is 30.2 Å². The number of hydrogen-bond acceptors (Lipinski definition) is 4. The van der Waals surface area contributed by atoms with Crippen molar-refractivity contribution in [1.82, 2.24) is 14.7 Å². The lowest BCUT2D eigenvalue weighted by molar-refractivity contribution is 0.203. The van der Waals surface area contributed by atoms with Gasteiger partial charge in [-0.05, 0) is 31.4 Å². The van der Waals surface area contributed by atoms with Crippen LogP contribution < -0.4 is 5.73 Å². The van der Waals surface area contributed by atoms with E-state index in [1.54, 1.807) is 0 Å². The number of nitrogen functional groups attached to an aromatic ring is 1. The maximum Gasteiger partial charge on any atom is 0.145 e. The summed E-state index contributed by atoms with van der Waals surface area (Å²) in [5.41, 5.74) is 5.61. The summed E-state index contributed by atoms with van der Waals surface area (Å²) in [6.07, 6.45) is 1.93. The average molecular weight is 264 g/mol. The number of hydrogen-bond donors (Lipinski definition) is 1. The summed E-state index contributed by atoms with van der Waals surface area (Å²) in [6, 6.07) is 6.65. The van der Waals surface area contributed by atoms with E-state index in [0.29, 0.717) is 11.9 Å². The molecule has 0 aliphatic heterocycles. The first kappa shape index (κ1) is 13.1. The molecule has 0 radical (unpaired) electrons. The molecule has 0 unspecified atom stereocenters. The van der Waals surface area contributed by atoms with Crippen LogP contribution in [0.2, 0.25) is 0 Å². The quantitative estimate of drug-likeness (QED) is 0.871. The largest absolute Gasteiger partial charge is 0.382 e. The molecule has 2 aromatic rings. The Kier molecular flexibility index (Phi) is 4.38. The van der Waals surface area contributed by atoms with Gasteiger partial charge in [-0.2, -0.15) is 5.10 Å². The second-order valence-electron chi connectivity index (χ2n) is 4.65. The monoisotopic (exact) mass is 264 g/mol. The Hall–Kier alpha value is -1.33. The van der Waals surface area contributed by atoms with E-state index in [2.05, 4.69) is 41.4 Å². The molecule has 0 atom stereocenters. The summed E-state index contributed by atoms with van der Waals surface area (Å²) >= 11 is 1.81. The Morgan fingerprint density at radius 3 is 2.83 bits per heavy atom. The Morgan fingerprint density at radius 1 is 1.44 bits per heavy atom. The van der Waals surface area contributed by atoms with E-state index in [1.165, 1.54) is 4.88 Å². The first-order chi connectivity index (χ1) is 8.65. The first-order valence-corrected chi connectivity index (χ1v) is 7.08. The summed E-state index contributed by atoms with van der Waals surface area (Å²) in [7, 11) is 0. The lowest BCUT2D eigenvalue weighted by atomic mass is 10.3. The van der Waals surface area contributed by atoms with Crippen LogP contribution in [0.15, 0.2) is 29.8 Å². The molecule has 0 saturated carbocycles. The summed E-state index contributed by atoms with van der Waals surface area (Å²) in [5, 5.41) is 6.34. The summed E-state index contributed by atoms with van der Waals surface area (Å²) < 4.78 is 1.90. The molecule has 0 aliphatic carbocycles. The molecule has 4 nitrogen and oxygen atoms in total. The smallest absolute Gasteiger partial charge is 0.145 e. The fourth-order valence-electron chi connectivity index (χ4n) is 1.86. The van der Waals surface area contributed by atoms with E-state index in [1.807, 2.05) is 28.3 Å². The van der Waals surface area contributed by atoms with E-state index in [0.717, 1.165) is 19.6 Å². The molecule has 5 heteroatoms. The van der Waals surface area contributed by atoms with Gasteiger partial charge >= 0.3 is 0 Å². The van der Waals surface area contributed by atoms with Crippen LogP contribution in [0.5, 0.6) is 0 Å². The van der Waals surface area contributed by atoms with Gasteiger partial charge in [-0.25, -0.2) is 0 Å².